The molecule has 5 heterocycles. The summed E-state index contributed by atoms with van der Waals surface area (Å²) in [6.45, 7) is 0.686. The predicted molar refractivity (Wildman–Crippen MR) is 125 cm³/mol. The van der Waals surface area contributed by atoms with Crippen LogP contribution in [0.25, 0.3) is 5.65 Å². The molecule has 4 aromatic rings. The second-order valence-electron chi connectivity index (χ2n) is 8.71. The summed E-state index contributed by atoms with van der Waals surface area (Å²) in [7, 11) is 1.73. The van der Waals surface area contributed by atoms with Gasteiger partial charge in [0.15, 0.2) is 17.2 Å². The van der Waals surface area contributed by atoms with E-state index in [0.717, 1.165) is 0 Å². The van der Waals surface area contributed by atoms with E-state index < -0.39 is 6.17 Å². The number of alkyl halides is 1. The summed E-state index contributed by atoms with van der Waals surface area (Å²) in [5.41, 5.74) is 1.38. The molecule has 4 aromatic heterocycles. The van der Waals surface area contributed by atoms with Crippen LogP contribution >= 0.6 is 0 Å². The Kier molecular flexibility index (Phi) is 4.97. The van der Waals surface area contributed by atoms with E-state index >= 15 is 0 Å². The predicted octanol–water partition coefficient (Wildman–Crippen LogP) is 1.82. The van der Waals surface area contributed by atoms with Gasteiger partial charge in [-0.3, -0.25) is 9.59 Å². The molecule has 0 bridgehead atoms. The number of rotatable bonds is 6. The lowest BCUT2D eigenvalue weighted by Gasteiger charge is -2.31. The third kappa shape index (κ3) is 3.59. The largest absolute Gasteiger partial charge is 0.385 e. The zero-order valence-corrected chi connectivity index (χ0v) is 18.8. The number of hydrogen-bond acceptors (Lipinski definition) is 8. The van der Waals surface area contributed by atoms with Crippen molar-refractivity contribution in [2.45, 2.75) is 44.1 Å². The number of nitrogens with one attached hydrogen (secondary N) is 3. The first kappa shape index (κ1) is 21.3. The SMILES string of the molecule is CNc1cc(Nc2cccn(C3CC(F)C3)c2=O)nn2c(C(=O)NC3CCn4ncnc43)cnc12. The van der Waals surface area contributed by atoms with Gasteiger partial charge in [-0.1, -0.05) is 0 Å². The lowest BCUT2D eigenvalue weighted by Crippen LogP contribution is -2.35. The molecule has 1 atom stereocenters. The fourth-order valence-corrected chi connectivity index (χ4v) is 4.61. The monoisotopic (exact) mass is 478 g/mol. The number of halogens is 1. The van der Waals surface area contributed by atoms with Crippen molar-refractivity contribution >= 4 is 28.7 Å². The molecule has 1 saturated carbocycles. The third-order valence-corrected chi connectivity index (χ3v) is 6.55. The van der Waals surface area contributed by atoms with Crippen LogP contribution in [0.5, 0.6) is 0 Å². The van der Waals surface area contributed by atoms with Crippen LogP contribution in [0.3, 0.4) is 0 Å². The number of aromatic nitrogens is 7. The van der Waals surface area contributed by atoms with Crippen molar-refractivity contribution in [1.29, 1.82) is 0 Å². The summed E-state index contributed by atoms with van der Waals surface area (Å²) < 4.78 is 18.1. The summed E-state index contributed by atoms with van der Waals surface area (Å²) in [4.78, 5) is 34.7. The Bertz CT molecular complexity index is 1490. The molecule has 1 fully saturated rings. The minimum Gasteiger partial charge on any atom is -0.385 e. The molecule has 1 aliphatic carbocycles. The van der Waals surface area contributed by atoms with Gasteiger partial charge in [-0.25, -0.2) is 23.6 Å². The van der Waals surface area contributed by atoms with Gasteiger partial charge in [0.25, 0.3) is 11.5 Å². The zero-order valence-electron chi connectivity index (χ0n) is 18.8. The lowest BCUT2D eigenvalue weighted by molar-refractivity contribution is 0.0929. The normalized spacial score (nSPS) is 20.9. The number of aryl methyl sites for hydroxylation is 1. The molecule has 180 valence electrons. The van der Waals surface area contributed by atoms with E-state index in [1.807, 2.05) is 0 Å². The molecule has 1 amide bonds. The van der Waals surface area contributed by atoms with Crippen LogP contribution < -0.4 is 21.5 Å². The third-order valence-electron chi connectivity index (χ3n) is 6.55. The number of anilines is 3. The van der Waals surface area contributed by atoms with Gasteiger partial charge in [-0.05, 0) is 31.4 Å². The molecule has 13 heteroatoms. The molecule has 2 aliphatic rings. The van der Waals surface area contributed by atoms with Crippen molar-refractivity contribution in [2.24, 2.45) is 0 Å². The van der Waals surface area contributed by atoms with E-state index in [-0.39, 0.29) is 29.2 Å². The van der Waals surface area contributed by atoms with Gasteiger partial charge >= 0.3 is 0 Å². The molecule has 6 rings (SSSR count). The second kappa shape index (κ2) is 8.18. The highest BCUT2D eigenvalue weighted by Crippen LogP contribution is 2.33. The number of hydrogen-bond donors (Lipinski definition) is 3. The number of carbonyl (C=O) groups is 1. The van der Waals surface area contributed by atoms with Crippen LogP contribution in [0.15, 0.2) is 41.7 Å². The second-order valence-corrected chi connectivity index (χ2v) is 8.71. The maximum Gasteiger partial charge on any atom is 0.274 e. The maximum absolute atomic E-state index is 13.3. The summed E-state index contributed by atoms with van der Waals surface area (Å²) in [6.07, 6.45) is 5.11. The van der Waals surface area contributed by atoms with E-state index in [1.54, 1.807) is 40.7 Å². The Labute approximate surface area is 198 Å². The molecule has 1 unspecified atom stereocenters. The topological polar surface area (TPSA) is 136 Å². The number of fused-ring (bicyclic) bond motifs is 2. The number of carbonyl (C=O) groups excluding carboxylic acids is 1. The molecule has 1 aliphatic heterocycles. The maximum atomic E-state index is 13.3. The van der Waals surface area contributed by atoms with E-state index in [0.29, 0.717) is 54.5 Å². The van der Waals surface area contributed by atoms with Crippen LogP contribution in [0.2, 0.25) is 0 Å². The molecular weight excluding hydrogens is 455 g/mol. The number of amides is 1. The zero-order chi connectivity index (χ0) is 24.1. The van der Waals surface area contributed by atoms with Crippen LogP contribution in [0.1, 0.15) is 47.7 Å². The standard InChI is InChI=1S/C22H23FN10O2/c1-24-16-9-18(28-15-3-2-5-31(22(15)35)13-7-12(23)8-13)30-33-17(10-25-20(16)33)21(34)29-14-4-6-32-19(14)26-11-27-32/h2-3,5,9-14,24H,4,6-8H2,1H3,(H,28,30)(H,29,34). The van der Waals surface area contributed by atoms with Crippen molar-refractivity contribution in [3.8, 4) is 0 Å². The van der Waals surface area contributed by atoms with Crippen molar-refractivity contribution in [2.75, 3.05) is 17.7 Å². The summed E-state index contributed by atoms with van der Waals surface area (Å²) in [6, 6.07) is 4.70. The first-order valence-electron chi connectivity index (χ1n) is 11.4. The van der Waals surface area contributed by atoms with Crippen LogP contribution in [0.4, 0.5) is 21.6 Å². The van der Waals surface area contributed by atoms with Gasteiger partial charge in [0, 0.05) is 31.9 Å². The molecule has 0 aromatic carbocycles. The fourth-order valence-electron chi connectivity index (χ4n) is 4.61. The smallest absolute Gasteiger partial charge is 0.274 e. The van der Waals surface area contributed by atoms with Gasteiger partial charge in [0.05, 0.1) is 17.9 Å². The summed E-state index contributed by atoms with van der Waals surface area (Å²) >= 11 is 0. The number of nitrogens with zero attached hydrogens (tertiary/aromatic N) is 7. The van der Waals surface area contributed by atoms with Gasteiger partial charge in [-0.2, -0.15) is 5.10 Å². The van der Waals surface area contributed by atoms with Gasteiger partial charge in [-0.15, -0.1) is 5.10 Å². The highest BCUT2D eigenvalue weighted by atomic mass is 19.1. The molecule has 0 radical (unpaired) electrons. The highest BCUT2D eigenvalue weighted by Gasteiger charge is 2.31. The molecule has 12 nitrogen and oxygen atoms in total. The molecular formula is C22H23FN10O2. The Hall–Kier alpha value is -4.29. The minimum atomic E-state index is -0.864. The number of imidazole rings is 1. The first-order valence-corrected chi connectivity index (χ1v) is 11.4. The Morgan fingerprint density at radius 2 is 2.09 bits per heavy atom. The summed E-state index contributed by atoms with van der Waals surface area (Å²) in [5.74, 6) is 0.712. The van der Waals surface area contributed by atoms with E-state index in [9.17, 15) is 14.0 Å². The summed E-state index contributed by atoms with van der Waals surface area (Å²) in [5, 5.41) is 17.8. The van der Waals surface area contributed by atoms with Crippen LogP contribution in [-0.2, 0) is 6.54 Å². The van der Waals surface area contributed by atoms with Crippen molar-refractivity contribution in [3.05, 3.63) is 58.8 Å². The molecule has 3 N–H and O–H groups in total. The fraction of sp³-hybridized carbons (Fsp3) is 0.364. The van der Waals surface area contributed by atoms with Crippen molar-refractivity contribution in [3.63, 3.8) is 0 Å². The van der Waals surface area contributed by atoms with Crippen molar-refractivity contribution < 1.29 is 9.18 Å². The molecule has 35 heavy (non-hydrogen) atoms. The first-order chi connectivity index (χ1) is 17.0. The molecule has 0 saturated heterocycles. The van der Waals surface area contributed by atoms with Gasteiger partial charge < -0.3 is 20.5 Å². The highest BCUT2D eigenvalue weighted by molar-refractivity contribution is 5.94. The minimum absolute atomic E-state index is 0.145. The average molecular weight is 478 g/mol. The lowest BCUT2D eigenvalue weighted by atomic mass is 9.90. The Balaban J connectivity index is 1.31. The average Bonchev–Trinajstić information content (AvgIpc) is 3.55. The Morgan fingerprint density at radius 3 is 2.89 bits per heavy atom. The van der Waals surface area contributed by atoms with Gasteiger partial charge in [0.1, 0.15) is 24.0 Å². The van der Waals surface area contributed by atoms with Crippen molar-refractivity contribution in [1.82, 2.24) is 39.2 Å². The van der Waals surface area contributed by atoms with Gasteiger partial charge in [0.2, 0.25) is 0 Å². The molecule has 0 spiro atoms. The Morgan fingerprint density at radius 1 is 1.23 bits per heavy atom. The quantitative estimate of drug-likeness (QED) is 0.382. The number of pyridine rings is 1. The van der Waals surface area contributed by atoms with E-state index in [1.165, 1.54) is 17.0 Å². The van der Waals surface area contributed by atoms with Crippen LogP contribution in [-0.4, -0.2) is 53.1 Å². The van der Waals surface area contributed by atoms with E-state index in [2.05, 4.69) is 36.1 Å². The van der Waals surface area contributed by atoms with Crippen LogP contribution in [0, 0.1) is 0 Å². The van der Waals surface area contributed by atoms with E-state index in [4.69, 9.17) is 0 Å².